The molecule has 6 nitrogen and oxygen atoms in total. The van der Waals surface area contributed by atoms with Crippen LogP contribution in [0.4, 0.5) is 5.69 Å². The lowest BCUT2D eigenvalue weighted by Crippen LogP contribution is -2.31. The Morgan fingerprint density at radius 3 is 2.61 bits per heavy atom. The van der Waals surface area contributed by atoms with Crippen molar-refractivity contribution < 1.29 is 9.47 Å². The average molecular weight is 334 g/mol. The van der Waals surface area contributed by atoms with Crippen molar-refractivity contribution >= 4 is 23.0 Å². The number of hydrogen-bond donors (Lipinski definition) is 2. The quantitative estimate of drug-likeness (QED) is 0.820. The molecular formula is C16H22N4O2S. The van der Waals surface area contributed by atoms with Crippen molar-refractivity contribution in [3.8, 4) is 11.5 Å². The minimum Gasteiger partial charge on any atom is -0.497 e. The van der Waals surface area contributed by atoms with E-state index in [9.17, 15) is 0 Å². The van der Waals surface area contributed by atoms with Gasteiger partial charge in [-0.05, 0) is 38.2 Å². The lowest BCUT2D eigenvalue weighted by molar-refractivity contribution is 0.395. The van der Waals surface area contributed by atoms with Gasteiger partial charge in [-0.15, -0.1) is 0 Å². The largest absolute Gasteiger partial charge is 0.497 e. The molecule has 2 rings (SSSR count). The normalized spacial score (nSPS) is 11.7. The van der Waals surface area contributed by atoms with E-state index < -0.39 is 0 Å². The first-order chi connectivity index (χ1) is 11.0. The van der Waals surface area contributed by atoms with Gasteiger partial charge in [-0.25, -0.2) is 0 Å². The third-order valence-corrected chi connectivity index (χ3v) is 3.96. The fourth-order valence-corrected chi connectivity index (χ4v) is 2.56. The molecule has 0 aliphatic carbocycles. The van der Waals surface area contributed by atoms with Crippen LogP contribution in [-0.2, 0) is 7.05 Å². The van der Waals surface area contributed by atoms with Crippen molar-refractivity contribution in [2.45, 2.75) is 19.9 Å². The van der Waals surface area contributed by atoms with E-state index in [-0.39, 0.29) is 6.04 Å². The fourth-order valence-electron chi connectivity index (χ4n) is 2.28. The van der Waals surface area contributed by atoms with Crippen LogP contribution in [0.1, 0.15) is 24.2 Å². The first kappa shape index (κ1) is 17.1. The molecule has 124 valence electrons. The molecule has 23 heavy (non-hydrogen) atoms. The van der Waals surface area contributed by atoms with Gasteiger partial charge in [0.1, 0.15) is 11.5 Å². The van der Waals surface area contributed by atoms with Gasteiger partial charge in [0.15, 0.2) is 5.11 Å². The Labute approximate surface area is 141 Å². The number of anilines is 1. The van der Waals surface area contributed by atoms with E-state index in [1.54, 1.807) is 20.3 Å². The lowest BCUT2D eigenvalue weighted by atomic mass is 10.1. The SMILES string of the molecule is COc1ccc(NC(=S)NC(C)c2cnn(C)c2C)c(OC)c1. The highest BCUT2D eigenvalue weighted by Gasteiger charge is 2.14. The first-order valence-corrected chi connectivity index (χ1v) is 7.65. The van der Waals surface area contributed by atoms with E-state index in [0.29, 0.717) is 10.9 Å². The maximum atomic E-state index is 5.39. The summed E-state index contributed by atoms with van der Waals surface area (Å²) in [5.74, 6) is 1.39. The number of ether oxygens (including phenoxy) is 2. The molecule has 2 aromatic rings. The van der Waals surface area contributed by atoms with Crippen molar-refractivity contribution in [3.05, 3.63) is 35.7 Å². The maximum Gasteiger partial charge on any atom is 0.171 e. The molecule has 0 fully saturated rings. The summed E-state index contributed by atoms with van der Waals surface area (Å²) in [6.45, 7) is 4.08. The Bertz CT molecular complexity index is 699. The topological polar surface area (TPSA) is 60.3 Å². The molecule has 2 N–H and O–H groups in total. The summed E-state index contributed by atoms with van der Waals surface area (Å²) < 4.78 is 12.4. The minimum atomic E-state index is 0.0490. The van der Waals surface area contributed by atoms with Crippen molar-refractivity contribution in [3.63, 3.8) is 0 Å². The van der Waals surface area contributed by atoms with Crippen LogP contribution < -0.4 is 20.1 Å². The van der Waals surface area contributed by atoms with Gasteiger partial charge in [0.25, 0.3) is 0 Å². The molecule has 0 spiro atoms. The Morgan fingerprint density at radius 2 is 2.04 bits per heavy atom. The van der Waals surface area contributed by atoms with Crippen molar-refractivity contribution in [1.29, 1.82) is 0 Å². The summed E-state index contributed by atoms with van der Waals surface area (Å²) in [4.78, 5) is 0. The number of aryl methyl sites for hydroxylation is 1. The summed E-state index contributed by atoms with van der Waals surface area (Å²) in [5.41, 5.74) is 2.99. The average Bonchev–Trinajstić information content (AvgIpc) is 2.87. The van der Waals surface area contributed by atoms with Crippen molar-refractivity contribution in [1.82, 2.24) is 15.1 Å². The van der Waals surface area contributed by atoms with Gasteiger partial charge >= 0.3 is 0 Å². The summed E-state index contributed by atoms with van der Waals surface area (Å²) in [5, 5.41) is 11.2. The molecule has 0 amide bonds. The number of hydrogen-bond acceptors (Lipinski definition) is 4. The van der Waals surface area contributed by atoms with E-state index in [1.807, 2.05) is 43.9 Å². The highest BCUT2D eigenvalue weighted by atomic mass is 32.1. The lowest BCUT2D eigenvalue weighted by Gasteiger charge is -2.18. The second kappa shape index (κ2) is 7.32. The Balaban J connectivity index is 2.06. The molecule has 0 bridgehead atoms. The molecular weight excluding hydrogens is 312 g/mol. The summed E-state index contributed by atoms with van der Waals surface area (Å²) >= 11 is 5.39. The summed E-state index contributed by atoms with van der Waals surface area (Å²) in [6.07, 6.45) is 1.85. The van der Waals surface area contributed by atoms with Crippen LogP contribution in [0, 0.1) is 6.92 Å². The Kier molecular flexibility index (Phi) is 5.44. The fraction of sp³-hybridized carbons (Fsp3) is 0.375. The van der Waals surface area contributed by atoms with Gasteiger partial charge in [-0.1, -0.05) is 0 Å². The molecule has 0 aliphatic heterocycles. The zero-order valence-corrected chi connectivity index (χ0v) is 14.8. The first-order valence-electron chi connectivity index (χ1n) is 7.24. The molecule has 1 unspecified atom stereocenters. The van der Waals surface area contributed by atoms with Gasteiger partial charge in [-0.2, -0.15) is 5.10 Å². The minimum absolute atomic E-state index is 0.0490. The van der Waals surface area contributed by atoms with Gasteiger partial charge in [0, 0.05) is 24.4 Å². The van der Waals surface area contributed by atoms with E-state index in [0.717, 1.165) is 22.7 Å². The van der Waals surface area contributed by atoms with Gasteiger partial charge in [0.05, 0.1) is 32.1 Å². The highest BCUT2D eigenvalue weighted by molar-refractivity contribution is 7.80. The Hall–Kier alpha value is -2.28. The number of rotatable bonds is 5. The number of methoxy groups -OCH3 is 2. The van der Waals surface area contributed by atoms with Crippen LogP contribution in [0.2, 0.25) is 0 Å². The van der Waals surface area contributed by atoms with Gasteiger partial charge in [-0.3, -0.25) is 4.68 Å². The van der Waals surface area contributed by atoms with E-state index >= 15 is 0 Å². The van der Waals surface area contributed by atoms with Crippen molar-refractivity contribution in [2.75, 3.05) is 19.5 Å². The Morgan fingerprint density at radius 1 is 1.30 bits per heavy atom. The molecule has 1 heterocycles. The molecule has 1 aromatic carbocycles. The summed E-state index contributed by atoms with van der Waals surface area (Å²) in [7, 11) is 5.15. The van der Waals surface area contributed by atoms with Crippen LogP contribution in [0.5, 0.6) is 11.5 Å². The number of aromatic nitrogens is 2. The third kappa shape index (κ3) is 3.92. The van der Waals surface area contributed by atoms with Gasteiger partial charge in [0.2, 0.25) is 0 Å². The van der Waals surface area contributed by atoms with Crippen LogP contribution in [0.3, 0.4) is 0 Å². The van der Waals surface area contributed by atoms with Crippen LogP contribution in [-0.4, -0.2) is 29.1 Å². The molecule has 1 atom stereocenters. The van der Waals surface area contributed by atoms with Crippen LogP contribution in [0.25, 0.3) is 0 Å². The zero-order chi connectivity index (χ0) is 17.0. The molecule has 0 radical (unpaired) electrons. The van der Waals surface area contributed by atoms with Crippen molar-refractivity contribution in [2.24, 2.45) is 7.05 Å². The number of benzene rings is 1. The second-order valence-electron chi connectivity index (χ2n) is 5.20. The zero-order valence-electron chi connectivity index (χ0n) is 14.0. The smallest absolute Gasteiger partial charge is 0.171 e. The third-order valence-electron chi connectivity index (χ3n) is 3.74. The molecule has 0 aliphatic rings. The maximum absolute atomic E-state index is 5.39. The number of nitrogens with one attached hydrogen (secondary N) is 2. The monoisotopic (exact) mass is 334 g/mol. The van der Waals surface area contributed by atoms with Crippen LogP contribution in [0.15, 0.2) is 24.4 Å². The number of nitrogens with zero attached hydrogens (tertiary/aromatic N) is 2. The molecule has 1 aromatic heterocycles. The standard InChI is InChI=1S/C16H22N4O2S/c1-10(13-9-17-20(3)11(13)2)18-16(23)19-14-7-6-12(21-4)8-15(14)22-5/h6-10H,1-5H3,(H2,18,19,23). The molecule has 0 saturated carbocycles. The van der Waals surface area contributed by atoms with E-state index in [4.69, 9.17) is 21.7 Å². The predicted molar refractivity (Wildman–Crippen MR) is 95.3 cm³/mol. The van der Waals surface area contributed by atoms with Gasteiger partial charge < -0.3 is 20.1 Å². The molecule has 7 heteroatoms. The highest BCUT2D eigenvalue weighted by Crippen LogP contribution is 2.29. The van der Waals surface area contributed by atoms with E-state index in [1.165, 1.54) is 0 Å². The second-order valence-corrected chi connectivity index (χ2v) is 5.60. The number of thiocarbonyl (C=S) groups is 1. The molecule has 0 saturated heterocycles. The predicted octanol–water partition coefficient (Wildman–Crippen LogP) is 2.79. The summed E-state index contributed by atoms with van der Waals surface area (Å²) in [6, 6.07) is 5.57. The van der Waals surface area contributed by atoms with E-state index in [2.05, 4.69) is 15.7 Å². The van der Waals surface area contributed by atoms with Crippen LogP contribution >= 0.6 is 12.2 Å².